The highest BCUT2D eigenvalue weighted by atomic mass is 19.1. The molecule has 1 aliphatic heterocycles. The Kier molecular flexibility index (Phi) is 6.64. The highest BCUT2D eigenvalue weighted by molar-refractivity contribution is 5.80. The molecule has 1 fully saturated rings. The van der Waals surface area contributed by atoms with Gasteiger partial charge in [-0.15, -0.1) is 0 Å². The lowest BCUT2D eigenvalue weighted by atomic mass is 9.86. The average Bonchev–Trinajstić information content (AvgIpc) is 2.82. The normalized spacial score (nSPS) is 18.9. The summed E-state index contributed by atoms with van der Waals surface area (Å²) in [5.74, 6) is 1.91. The summed E-state index contributed by atoms with van der Waals surface area (Å²) < 4.78 is 30.3. The fraction of sp³-hybridized carbons (Fsp3) is 0.480. The molecule has 1 heterocycles. The molecule has 0 spiro atoms. The van der Waals surface area contributed by atoms with Crippen molar-refractivity contribution in [3.05, 3.63) is 53.3 Å². The summed E-state index contributed by atoms with van der Waals surface area (Å²) in [6, 6.07) is 9.71. The number of ether oxygens (including phenoxy) is 3. The molecule has 0 unspecified atom stereocenters. The molecule has 2 aromatic carbocycles. The van der Waals surface area contributed by atoms with Gasteiger partial charge in [-0.05, 0) is 66.8 Å². The van der Waals surface area contributed by atoms with Crippen LogP contribution >= 0.6 is 0 Å². The highest BCUT2D eigenvalue weighted by Crippen LogP contribution is 2.40. The fourth-order valence-electron chi connectivity index (χ4n) is 4.76. The predicted molar refractivity (Wildman–Crippen MR) is 116 cm³/mol. The molecule has 31 heavy (non-hydrogen) atoms. The predicted octanol–water partition coefficient (Wildman–Crippen LogP) is 4.93. The van der Waals surface area contributed by atoms with Crippen molar-refractivity contribution in [2.75, 3.05) is 27.4 Å². The molecule has 0 N–H and O–H groups in total. The van der Waals surface area contributed by atoms with Crippen molar-refractivity contribution in [1.29, 1.82) is 0 Å². The summed E-state index contributed by atoms with van der Waals surface area (Å²) >= 11 is 0. The van der Waals surface area contributed by atoms with E-state index in [1.165, 1.54) is 18.6 Å². The third kappa shape index (κ3) is 4.63. The second-order valence-corrected chi connectivity index (χ2v) is 8.30. The minimum Gasteiger partial charge on any atom is -0.493 e. The zero-order valence-electron chi connectivity index (χ0n) is 18.2. The van der Waals surface area contributed by atoms with Crippen molar-refractivity contribution in [3.63, 3.8) is 0 Å². The Labute approximate surface area is 183 Å². The first kappa shape index (κ1) is 21.5. The van der Waals surface area contributed by atoms with Gasteiger partial charge in [0.1, 0.15) is 18.2 Å². The van der Waals surface area contributed by atoms with Gasteiger partial charge in [0, 0.05) is 12.5 Å². The zero-order valence-corrected chi connectivity index (χ0v) is 18.2. The Balaban J connectivity index is 1.64. The minimum absolute atomic E-state index is 0.0868. The lowest BCUT2D eigenvalue weighted by Crippen LogP contribution is -2.45. The summed E-state index contributed by atoms with van der Waals surface area (Å²) in [6.45, 7) is 0.946. The molecule has 0 aromatic heterocycles. The first-order chi connectivity index (χ1) is 15.1. The van der Waals surface area contributed by atoms with Crippen molar-refractivity contribution < 1.29 is 23.4 Å². The second-order valence-electron chi connectivity index (χ2n) is 8.30. The summed E-state index contributed by atoms with van der Waals surface area (Å²) in [5.41, 5.74) is 2.16. The van der Waals surface area contributed by atoms with Crippen LogP contribution in [0.2, 0.25) is 0 Å². The number of carbonyl (C=O) groups excluding carboxylic acids is 1. The fourth-order valence-corrected chi connectivity index (χ4v) is 4.76. The number of halogens is 1. The van der Waals surface area contributed by atoms with Gasteiger partial charge in [0.05, 0.1) is 20.3 Å². The maximum absolute atomic E-state index is 13.5. The number of amides is 1. The average molecular weight is 428 g/mol. The lowest BCUT2D eigenvalue weighted by Gasteiger charge is -2.40. The molecule has 2 aromatic rings. The van der Waals surface area contributed by atoms with Gasteiger partial charge < -0.3 is 19.1 Å². The van der Waals surface area contributed by atoms with Gasteiger partial charge in [-0.1, -0.05) is 19.3 Å². The van der Waals surface area contributed by atoms with E-state index < -0.39 is 0 Å². The van der Waals surface area contributed by atoms with Crippen LogP contribution in [0.3, 0.4) is 0 Å². The maximum atomic E-state index is 13.5. The molecule has 2 aliphatic rings. The zero-order chi connectivity index (χ0) is 21.8. The number of benzene rings is 2. The molecule has 0 saturated heterocycles. The van der Waals surface area contributed by atoms with Crippen molar-refractivity contribution in [2.45, 2.75) is 44.6 Å². The molecule has 6 heteroatoms. The lowest BCUT2D eigenvalue weighted by molar-refractivity contribution is -0.140. The van der Waals surface area contributed by atoms with Crippen LogP contribution in [-0.4, -0.2) is 38.2 Å². The number of rotatable bonds is 6. The summed E-state index contributed by atoms with van der Waals surface area (Å²) in [5, 5.41) is 0. The Morgan fingerprint density at radius 2 is 1.71 bits per heavy atom. The smallest absolute Gasteiger partial charge is 0.226 e. The molecule has 0 bridgehead atoms. The largest absolute Gasteiger partial charge is 0.493 e. The summed E-state index contributed by atoms with van der Waals surface area (Å²) in [7, 11) is 3.24. The molecule has 1 atom stereocenters. The van der Waals surface area contributed by atoms with Crippen LogP contribution in [0.5, 0.6) is 17.2 Å². The topological polar surface area (TPSA) is 48.0 Å². The number of nitrogens with zero attached hydrogens (tertiary/aromatic N) is 1. The van der Waals surface area contributed by atoms with E-state index in [0.717, 1.165) is 43.2 Å². The molecular formula is C25H30FNO4. The minimum atomic E-state index is -0.304. The monoisotopic (exact) mass is 427 g/mol. The van der Waals surface area contributed by atoms with Crippen LogP contribution in [0.15, 0.2) is 36.4 Å². The highest BCUT2D eigenvalue weighted by Gasteiger charge is 2.36. The van der Waals surface area contributed by atoms with Gasteiger partial charge >= 0.3 is 0 Å². The SMILES string of the molecule is COc1cc2c(cc1OC)[C@H](COc1ccc(F)cc1)N(C(=O)C1CCCCC1)CC2. The molecule has 4 rings (SSSR count). The Hall–Kier alpha value is -2.76. The summed E-state index contributed by atoms with van der Waals surface area (Å²) in [4.78, 5) is 15.5. The number of methoxy groups -OCH3 is 2. The first-order valence-electron chi connectivity index (χ1n) is 11.0. The van der Waals surface area contributed by atoms with Gasteiger partial charge in [-0.2, -0.15) is 0 Å². The van der Waals surface area contributed by atoms with E-state index in [9.17, 15) is 9.18 Å². The van der Waals surface area contributed by atoms with Gasteiger partial charge in [-0.25, -0.2) is 4.39 Å². The quantitative estimate of drug-likeness (QED) is 0.656. The van der Waals surface area contributed by atoms with E-state index in [2.05, 4.69) is 0 Å². The van der Waals surface area contributed by atoms with Crippen LogP contribution in [0.4, 0.5) is 4.39 Å². The van der Waals surface area contributed by atoms with E-state index in [0.29, 0.717) is 30.4 Å². The first-order valence-corrected chi connectivity index (χ1v) is 11.0. The number of hydrogen-bond donors (Lipinski definition) is 0. The molecular weight excluding hydrogens is 397 g/mol. The van der Waals surface area contributed by atoms with Crippen molar-refractivity contribution in [2.24, 2.45) is 5.92 Å². The number of fused-ring (bicyclic) bond motifs is 1. The third-order valence-corrected chi connectivity index (χ3v) is 6.46. The Morgan fingerprint density at radius 3 is 2.39 bits per heavy atom. The van der Waals surface area contributed by atoms with Crippen LogP contribution in [0.1, 0.15) is 49.3 Å². The van der Waals surface area contributed by atoms with Crippen molar-refractivity contribution >= 4 is 5.91 Å². The van der Waals surface area contributed by atoms with Crippen LogP contribution in [0, 0.1) is 11.7 Å². The van der Waals surface area contributed by atoms with E-state index in [1.807, 2.05) is 17.0 Å². The molecule has 0 radical (unpaired) electrons. The second kappa shape index (κ2) is 9.58. The molecule has 1 saturated carbocycles. The van der Waals surface area contributed by atoms with E-state index in [4.69, 9.17) is 14.2 Å². The molecule has 1 amide bonds. The summed E-state index contributed by atoms with van der Waals surface area (Å²) in [6.07, 6.45) is 6.12. The van der Waals surface area contributed by atoms with E-state index in [1.54, 1.807) is 26.4 Å². The van der Waals surface area contributed by atoms with Crippen molar-refractivity contribution in [3.8, 4) is 17.2 Å². The van der Waals surface area contributed by atoms with Gasteiger partial charge in [0.2, 0.25) is 5.91 Å². The Morgan fingerprint density at radius 1 is 1.03 bits per heavy atom. The molecule has 5 nitrogen and oxygen atoms in total. The maximum Gasteiger partial charge on any atom is 0.226 e. The van der Waals surface area contributed by atoms with Gasteiger partial charge in [-0.3, -0.25) is 4.79 Å². The molecule has 1 aliphatic carbocycles. The number of hydrogen-bond acceptors (Lipinski definition) is 4. The van der Waals surface area contributed by atoms with Crippen LogP contribution in [-0.2, 0) is 11.2 Å². The number of carbonyl (C=O) groups is 1. The van der Waals surface area contributed by atoms with Crippen LogP contribution in [0.25, 0.3) is 0 Å². The standard InChI is InChI=1S/C25H30FNO4/c1-29-23-14-18-12-13-27(25(28)17-6-4-3-5-7-17)22(21(18)15-24(23)30-2)16-31-20-10-8-19(26)9-11-20/h8-11,14-15,17,22H,3-7,12-13,16H2,1-2H3/t22-/m0/s1. The molecule has 166 valence electrons. The Bertz CT molecular complexity index is 908. The van der Waals surface area contributed by atoms with Crippen molar-refractivity contribution in [1.82, 2.24) is 4.90 Å². The van der Waals surface area contributed by atoms with Gasteiger partial charge in [0.25, 0.3) is 0 Å². The van der Waals surface area contributed by atoms with Gasteiger partial charge in [0.15, 0.2) is 11.5 Å². The third-order valence-electron chi connectivity index (χ3n) is 6.46. The van der Waals surface area contributed by atoms with E-state index >= 15 is 0 Å². The van der Waals surface area contributed by atoms with E-state index in [-0.39, 0.29) is 23.7 Å². The van der Waals surface area contributed by atoms with Crippen LogP contribution < -0.4 is 14.2 Å².